The smallest absolute Gasteiger partial charge is 0.282 e. The molecule has 0 bridgehead atoms. The summed E-state index contributed by atoms with van der Waals surface area (Å²) in [6.07, 6.45) is 5.18. The Labute approximate surface area is 190 Å². The fourth-order valence-electron chi connectivity index (χ4n) is 4.70. The lowest BCUT2D eigenvalue weighted by atomic mass is 9.94. The molecule has 1 spiro atoms. The third kappa shape index (κ3) is 4.88. The highest BCUT2D eigenvalue weighted by atomic mass is 32.2. The maximum Gasteiger partial charge on any atom is 0.282 e. The highest BCUT2D eigenvalue weighted by Crippen LogP contribution is 2.46. The molecule has 1 aromatic carbocycles. The second kappa shape index (κ2) is 9.54. The summed E-state index contributed by atoms with van der Waals surface area (Å²) in [7, 11) is -3.43. The number of nitrogens with one attached hydrogen (secondary N) is 1. The van der Waals surface area contributed by atoms with E-state index in [1.54, 1.807) is 0 Å². The SMILES string of the molecule is CCN(CC)S(=O)(=O)N1CCN(CC(=O)Nc2ccc3c(c2)OC2(CCCCC2)O3)CC1. The fraction of sp³-hybridized carbons (Fsp3) is 0.682. The molecule has 4 rings (SSSR count). The Morgan fingerprint density at radius 1 is 1.03 bits per heavy atom. The van der Waals surface area contributed by atoms with Crippen molar-refractivity contribution in [2.24, 2.45) is 0 Å². The number of amides is 1. The molecule has 1 saturated heterocycles. The number of piperazine rings is 1. The summed E-state index contributed by atoms with van der Waals surface area (Å²) in [5, 5.41) is 2.93. The minimum atomic E-state index is -3.43. The number of carbonyl (C=O) groups excluding carboxylic acids is 1. The normalized spacial score (nSPS) is 21.2. The molecular formula is C22H34N4O5S. The number of anilines is 1. The van der Waals surface area contributed by atoms with Gasteiger partial charge in [-0.25, -0.2) is 0 Å². The van der Waals surface area contributed by atoms with E-state index in [0.29, 0.717) is 50.7 Å². The largest absolute Gasteiger partial charge is 0.448 e. The van der Waals surface area contributed by atoms with Crippen LogP contribution in [0.4, 0.5) is 5.69 Å². The van der Waals surface area contributed by atoms with Crippen LogP contribution in [0.5, 0.6) is 11.5 Å². The molecule has 1 saturated carbocycles. The molecule has 10 heteroatoms. The maximum atomic E-state index is 12.7. The molecular weight excluding hydrogens is 432 g/mol. The van der Waals surface area contributed by atoms with E-state index in [1.165, 1.54) is 15.0 Å². The summed E-state index contributed by atoms with van der Waals surface area (Å²) < 4.78 is 40.5. The lowest BCUT2D eigenvalue weighted by Crippen LogP contribution is -2.54. The van der Waals surface area contributed by atoms with Crippen molar-refractivity contribution < 1.29 is 22.7 Å². The third-order valence-corrected chi connectivity index (χ3v) is 8.68. The molecule has 2 fully saturated rings. The van der Waals surface area contributed by atoms with Gasteiger partial charge in [0.1, 0.15) is 0 Å². The van der Waals surface area contributed by atoms with E-state index >= 15 is 0 Å². The van der Waals surface area contributed by atoms with Crippen LogP contribution in [0.2, 0.25) is 0 Å². The Bertz CT molecular complexity index is 920. The molecule has 32 heavy (non-hydrogen) atoms. The Kier molecular flexibility index (Phi) is 6.94. The Hall–Kier alpha value is -1.88. The van der Waals surface area contributed by atoms with Gasteiger partial charge in [0.15, 0.2) is 11.5 Å². The number of hydrogen-bond donors (Lipinski definition) is 1. The predicted octanol–water partition coefficient (Wildman–Crippen LogP) is 2.26. The minimum absolute atomic E-state index is 0.128. The molecule has 1 N–H and O–H groups in total. The van der Waals surface area contributed by atoms with Crippen LogP contribution < -0.4 is 14.8 Å². The first-order valence-corrected chi connectivity index (χ1v) is 13.0. The molecule has 1 aliphatic carbocycles. The minimum Gasteiger partial charge on any atom is -0.448 e. The summed E-state index contributed by atoms with van der Waals surface area (Å²) >= 11 is 0. The van der Waals surface area contributed by atoms with Gasteiger partial charge in [-0.3, -0.25) is 9.69 Å². The highest BCUT2D eigenvalue weighted by Gasteiger charge is 2.42. The van der Waals surface area contributed by atoms with Gasteiger partial charge in [0.25, 0.3) is 16.0 Å². The third-order valence-electron chi connectivity index (χ3n) is 6.49. The summed E-state index contributed by atoms with van der Waals surface area (Å²) in [5.41, 5.74) is 0.674. The zero-order chi connectivity index (χ0) is 22.8. The van der Waals surface area contributed by atoms with Gasteiger partial charge in [0.2, 0.25) is 5.91 Å². The molecule has 2 aliphatic heterocycles. The Balaban J connectivity index is 1.28. The molecule has 0 atom stereocenters. The van der Waals surface area contributed by atoms with Gasteiger partial charge in [-0.05, 0) is 25.0 Å². The fourth-order valence-corrected chi connectivity index (χ4v) is 6.31. The summed E-state index contributed by atoms with van der Waals surface area (Å²) in [6, 6.07) is 5.51. The first kappa shape index (κ1) is 23.3. The zero-order valence-corrected chi connectivity index (χ0v) is 19.8. The molecule has 9 nitrogen and oxygen atoms in total. The number of ether oxygens (including phenoxy) is 2. The monoisotopic (exact) mass is 466 g/mol. The summed E-state index contributed by atoms with van der Waals surface area (Å²) in [6.45, 7) is 6.64. The molecule has 1 amide bonds. The van der Waals surface area contributed by atoms with Crippen molar-refractivity contribution in [3.8, 4) is 11.5 Å². The van der Waals surface area contributed by atoms with Crippen molar-refractivity contribution in [1.29, 1.82) is 0 Å². The summed E-state index contributed by atoms with van der Waals surface area (Å²) in [4.78, 5) is 14.6. The molecule has 0 aromatic heterocycles. The number of hydrogen-bond acceptors (Lipinski definition) is 6. The van der Waals surface area contributed by atoms with Crippen molar-refractivity contribution in [3.63, 3.8) is 0 Å². The molecule has 0 unspecified atom stereocenters. The Morgan fingerprint density at radius 3 is 2.34 bits per heavy atom. The van der Waals surface area contributed by atoms with E-state index in [4.69, 9.17) is 9.47 Å². The van der Waals surface area contributed by atoms with Crippen LogP contribution in [0.1, 0.15) is 46.0 Å². The van der Waals surface area contributed by atoms with E-state index in [2.05, 4.69) is 5.32 Å². The number of benzene rings is 1. The lowest BCUT2D eigenvalue weighted by molar-refractivity contribution is -0.117. The van der Waals surface area contributed by atoms with Gasteiger partial charge in [0.05, 0.1) is 6.54 Å². The van der Waals surface area contributed by atoms with Crippen molar-refractivity contribution in [3.05, 3.63) is 18.2 Å². The zero-order valence-electron chi connectivity index (χ0n) is 19.0. The molecule has 2 heterocycles. The van der Waals surface area contributed by atoms with E-state index in [0.717, 1.165) is 31.4 Å². The first-order valence-electron chi connectivity index (χ1n) is 11.6. The number of nitrogens with zero attached hydrogens (tertiary/aromatic N) is 3. The van der Waals surface area contributed by atoms with Gasteiger partial charge in [-0.1, -0.05) is 20.3 Å². The van der Waals surface area contributed by atoms with Crippen molar-refractivity contribution in [2.75, 3.05) is 51.1 Å². The number of fused-ring (bicyclic) bond motifs is 1. The molecule has 178 valence electrons. The van der Waals surface area contributed by atoms with Gasteiger partial charge in [-0.2, -0.15) is 17.0 Å². The molecule has 1 aromatic rings. The van der Waals surface area contributed by atoms with Crippen molar-refractivity contribution in [2.45, 2.75) is 51.7 Å². The van der Waals surface area contributed by atoms with E-state index in [1.807, 2.05) is 36.9 Å². The average Bonchev–Trinajstić information content (AvgIpc) is 3.11. The van der Waals surface area contributed by atoms with Crippen molar-refractivity contribution >= 4 is 21.8 Å². The second-order valence-corrected chi connectivity index (χ2v) is 10.6. The van der Waals surface area contributed by atoms with Crippen LogP contribution in [0.25, 0.3) is 0 Å². The van der Waals surface area contributed by atoms with Crippen LogP contribution in [0, 0.1) is 0 Å². The van der Waals surface area contributed by atoms with Crippen LogP contribution in [0.15, 0.2) is 18.2 Å². The second-order valence-electron chi connectivity index (χ2n) is 8.65. The van der Waals surface area contributed by atoms with Crippen molar-refractivity contribution in [1.82, 2.24) is 13.5 Å². The first-order chi connectivity index (χ1) is 15.3. The van der Waals surface area contributed by atoms with Crippen LogP contribution in [-0.4, -0.2) is 79.4 Å². The van der Waals surface area contributed by atoms with Crippen LogP contribution in [0.3, 0.4) is 0 Å². The van der Waals surface area contributed by atoms with Gasteiger partial charge >= 0.3 is 0 Å². The van der Waals surface area contributed by atoms with E-state index < -0.39 is 16.0 Å². The quantitative estimate of drug-likeness (QED) is 0.663. The maximum absolute atomic E-state index is 12.7. The lowest BCUT2D eigenvalue weighted by Gasteiger charge is -2.35. The molecule has 3 aliphatic rings. The van der Waals surface area contributed by atoms with Gasteiger partial charge in [-0.15, -0.1) is 0 Å². The topological polar surface area (TPSA) is 91.4 Å². The highest BCUT2D eigenvalue weighted by molar-refractivity contribution is 7.86. The summed E-state index contributed by atoms with van der Waals surface area (Å²) in [5.74, 6) is 0.751. The van der Waals surface area contributed by atoms with E-state index in [-0.39, 0.29) is 12.5 Å². The standard InChI is InChI=1S/C22H34N4O5S/c1-3-25(4-2)32(28,29)26-14-12-24(13-15-26)17-21(27)23-18-8-9-19-20(16-18)31-22(30-19)10-6-5-7-11-22/h8-9,16H,3-7,10-15,17H2,1-2H3,(H,23,27). The number of rotatable bonds is 7. The van der Waals surface area contributed by atoms with Crippen LogP contribution >= 0.6 is 0 Å². The van der Waals surface area contributed by atoms with E-state index in [9.17, 15) is 13.2 Å². The van der Waals surface area contributed by atoms with Gasteiger partial charge < -0.3 is 14.8 Å². The Morgan fingerprint density at radius 2 is 1.69 bits per heavy atom. The van der Waals surface area contributed by atoms with Crippen LogP contribution in [-0.2, 0) is 15.0 Å². The number of carbonyl (C=O) groups is 1. The molecule has 0 radical (unpaired) electrons. The predicted molar refractivity (Wildman–Crippen MR) is 122 cm³/mol. The average molecular weight is 467 g/mol. The van der Waals surface area contributed by atoms with Gasteiger partial charge in [0, 0.05) is 63.9 Å².